The molecule has 0 atom stereocenters. The van der Waals surface area contributed by atoms with E-state index in [2.05, 4.69) is 22.4 Å². The Bertz CT molecular complexity index is 1290. The second-order valence-corrected chi connectivity index (χ2v) is 10.2. The van der Waals surface area contributed by atoms with Crippen LogP contribution in [0.3, 0.4) is 0 Å². The Morgan fingerprint density at radius 1 is 1.00 bits per heavy atom. The highest BCUT2D eigenvalue weighted by atomic mass is 32.1. The SMILES string of the molecule is CNC(=O)c1ccc(CCC(=O)c2nc(-c3ncc(-c4ccccc4)s3)sc2C2CC2)cc1. The van der Waals surface area contributed by atoms with Crippen molar-refractivity contribution in [2.24, 2.45) is 0 Å². The Hall–Kier alpha value is -3.16. The summed E-state index contributed by atoms with van der Waals surface area (Å²) < 4.78 is 0. The molecular formula is C26H23N3O2S2. The number of thiazole rings is 2. The van der Waals surface area contributed by atoms with Crippen LogP contribution in [0.4, 0.5) is 0 Å². The fourth-order valence-corrected chi connectivity index (χ4v) is 5.90. The molecule has 1 amide bonds. The van der Waals surface area contributed by atoms with Gasteiger partial charge in [-0.2, -0.15) is 0 Å². The van der Waals surface area contributed by atoms with Gasteiger partial charge in [-0.1, -0.05) is 42.5 Å². The van der Waals surface area contributed by atoms with Crippen LogP contribution in [-0.4, -0.2) is 28.7 Å². The van der Waals surface area contributed by atoms with Crippen molar-refractivity contribution in [3.8, 4) is 20.5 Å². The Balaban J connectivity index is 1.33. The molecule has 33 heavy (non-hydrogen) atoms. The van der Waals surface area contributed by atoms with Crippen molar-refractivity contribution in [1.82, 2.24) is 15.3 Å². The minimum atomic E-state index is -0.112. The molecule has 1 saturated carbocycles. The number of aryl methyl sites for hydroxylation is 1. The van der Waals surface area contributed by atoms with Crippen molar-refractivity contribution in [1.29, 1.82) is 0 Å². The topological polar surface area (TPSA) is 72.0 Å². The Morgan fingerprint density at radius 2 is 1.76 bits per heavy atom. The van der Waals surface area contributed by atoms with Gasteiger partial charge in [0, 0.05) is 30.1 Å². The number of aromatic nitrogens is 2. The minimum absolute atomic E-state index is 0.0783. The molecule has 4 aromatic rings. The van der Waals surface area contributed by atoms with Crippen LogP contribution in [0.5, 0.6) is 0 Å². The number of rotatable bonds is 8. The average Bonchev–Trinajstić information content (AvgIpc) is 3.41. The molecule has 5 rings (SSSR count). The Kier molecular flexibility index (Phi) is 6.15. The predicted octanol–water partition coefficient (Wildman–Crippen LogP) is 5.99. The number of nitrogens with one attached hydrogen (secondary N) is 1. The molecule has 0 aliphatic heterocycles. The van der Waals surface area contributed by atoms with Gasteiger partial charge in [-0.15, -0.1) is 22.7 Å². The van der Waals surface area contributed by atoms with E-state index in [0.29, 0.717) is 30.0 Å². The first-order valence-electron chi connectivity index (χ1n) is 11.0. The van der Waals surface area contributed by atoms with Crippen molar-refractivity contribution < 1.29 is 9.59 Å². The third-order valence-corrected chi connectivity index (χ3v) is 8.10. The Morgan fingerprint density at radius 3 is 2.45 bits per heavy atom. The molecule has 2 heterocycles. The molecule has 1 fully saturated rings. The largest absolute Gasteiger partial charge is 0.355 e. The summed E-state index contributed by atoms with van der Waals surface area (Å²) in [7, 11) is 1.61. The van der Waals surface area contributed by atoms with Crippen LogP contribution in [0.15, 0.2) is 60.8 Å². The van der Waals surface area contributed by atoms with Crippen LogP contribution in [0.2, 0.25) is 0 Å². The standard InChI is InChI=1S/C26H23N3O2S2/c1-27-24(31)19-10-7-16(8-11-19)9-14-20(30)22-23(18-12-13-18)33-26(29-22)25-28-15-21(32-25)17-5-3-2-4-6-17/h2-8,10-11,15,18H,9,12-14H2,1H3,(H,27,31). The monoisotopic (exact) mass is 473 g/mol. The van der Waals surface area contributed by atoms with E-state index in [-0.39, 0.29) is 11.7 Å². The number of carbonyl (C=O) groups excluding carboxylic acids is 2. The summed E-state index contributed by atoms with van der Waals surface area (Å²) in [6.07, 6.45) is 5.15. The molecule has 1 aliphatic carbocycles. The highest BCUT2D eigenvalue weighted by molar-refractivity contribution is 7.23. The van der Waals surface area contributed by atoms with Crippen LogP contribution in [0.25, 0.3) is 20.5 Å². The smallest absolute Gasteiger partial charge is 0.251 e. The zero-order chi connectivity index (χ0) is 22.8. The van der Waals surface area contributed by atoms with Gasteiger partial charge in [0.1, 0.15) is 5.69 Å². The number of Topliss-reactive ketones (excluding diaryl/α,β-unsaturated/α-hetero) is 1. The molecule has 166 valence electrons. The third kappa shape index (κ3) is 4.79. The van der Waals surface area contributed by atoms with Gasteiger partial charge >= 0.3 is 0 Å². The van der Waals surface area contributed by atoms with Crippen molar-refractivity contribution in [2.45, 2.75) is 31.6 Å². The summed E-state index contributed by atoms with van der Waals surface area (Å²) in [5.74, 6) is 0.421. The fraction of sp³-hybridized carbons (Fsp3) is 0.231. The van der Waals surface area contributed by atoms with Crippen molar-refractivity contribution in [3.05, 3.63) is 82.5 Å². The van der Waals surface area contributed by atoms with Crippen LogP contribution in [0, 0.1) is 0 Å². The first-order chi connectivity index (χ1) is 16.1. The lowest BCUT2D eigenvalue weighted by molar-refractivity contribution is 0.0959. The summed E-state index contributed by atoms with van der Waals surface area (Å²) in [6, 6.07) is 17.6. The summed E-state index contributed by atoms with van der Waals surface area (Å²) >= 11 is 3.23. The number of benzene rings is 2. The van der Waals surface area contributed by atoms with Crippen LogP contribution in [0.1, 0.15) is 56.5 Å². The molecule has 2 aromatic carbocycles. The second-order valence-electron chi connectivity index (χ2n) is 8.10. The molecule has 7 heteroatoms. The van der Waals surface area contributed by atoms with Gasteiger partial charge in [0.2, 0.25) is 0 Å². The van der Waals surface area contributed by atoms with E-state index in [1.165, 1.54) is 0 Å². The normalized spacial score (nSPS) is 13.1. The number of nitrogens with zero attached hydrogens (tertiary/aromatic N) is 2. The van der Waals surface area contributed by atoms with Crippen LogP contribution in [-0.2, 0) is 6.42 Å². The lowest BCUT2D eigenvalue weighted by atomic mass is 10.0. The van der Waals surface area contributed by atoms with Gasteiger partial charge in [-0.25, -0.2) is 9.97 Å². The van der Waals surface area contributed by atoms with E-state index < -0.39 is 0 Å². The van der Waals surface area contributed by atoms with Crippen molar-refractivity contribution >= 4 is 34.4 Å². The van der Waals surface area contributed by atoms with Crippen molar-refractivity contribution in [3.63, 3.8) is 0 Å². The van der Waals surface area contributed by atoms with Gasteiger partial charge < -0.3 is 5.32 Å². The van der Waals surface area contributed by atoms with E-state index in [0.717, 1.165) is 43.7 Å². The summed E-state index contributed by atoms with van der Waals surface area (Å²) in [4.78, 5) is 36.4. The summed E-state index contributed by atoms with van der Waals surface area (Å²) in [6.45, 7) is 0. The molecule has 0 bridgehead atoms. The maximum Gasteiger partial charge on any atom is 0.251 e. The van der Waals surface area contributed by atoms with Gasteiger partial charge in [0.05, 0.1) is 4.88 Å². The molecule has 0 spiro atoms. The van der Waals surface area contributed by atoms with Crippen LogP contribution >= 0.6 is 22.7 Å². The first kappa shape index (κ1) is 21.7. The highest BCUT2D eigenvalue weighted by Crippen LogP contribution is 2.47. The first-order valence-corrected chi connectivity index (χ1v) is 12.6. The average molecular weight is 474 g/mol. The van der Waals surface area contributed by atoms with Gasteiger partial charge in [0.25, 0.3) is 5.91 Å². The molecule has 0 radical (unpaired) electrons. The van der Waals surface area contributed by atoms with E-state index >= 15 is 0 Å². The van der Waals surface area contributed by atoms with Crippen molar-refractivity contribution in [2.75, 3.05) is 7.05 Å². The number of hydrogen-bond acceptors (Lipinski definition) is 6. The summed E-state index contributed by atoms with van der Waals surface area (Å²) in [5.41, 5.74) is 3.41. The lowest BCUT2D eigenvalue weighted by Crippen LogP contribution is -2.17. The third-order valence-electron chi connectivity index (χ3n) is 5.70. The molecular weight excluding hydrogens is 450 g/mol. The lowest BCUT2D eigenvalue weighted by Gasteiger charge is -2.04. The van der Waals surface area contributed by atoms with Gasteiger partial charge in [-0.3, -0.25) is 9.59 Å². The maximum atomic E-state index is 13.1. The zero-order valence-electron chi connectivity index (χ0n) is 18.2. The number of amides is 1. The zero-order valence-corrected chi connectivity index (χ0v) is 19.8. The molecule has 0 saturated heterocycles. The fourth-order valence-electron chi connectivity index (χ4n) is 3.70. The molecule has 2 aromatic heterocycles. The number of ketones is 1. The predicted molar refractivity (Wildman–Crippen MR) is 133 cm³/mol. The van der Waals surface area contributed by atoms with Crippen LogP contribution < -0.4 is 5.32 Å². The quantitative estimate of drug-likeness (QED) is 0.319. The minimum Gasteiger partial charge on any atom is -0.355 e. The highest BCUT2D eigenvalue weighted by Gasteiger charge is 2.32. The maximum absolute atomic E-state index is 13.1. The molecule has 0 unspecified atom stereocenters. The molecule has 5 nitrogen and oxygen atoms in total. The second kappa shape index (κ2) is 9.37. The number of carbonyl (C=O) groups is 2. The number of hydrogen-bond donors (Lipinski definition) is 1. The van der Waals surface area contributed by atoms with Gasteiger partial charge in [0.15, 0.2) is 15.8 Å². The van der Waals surface area contributed by atoms with E-state index in [1.54, 1.807) is 41.9 Å². The van der Waals surface area contributed by atoms with E-state index in [4.69, 9.17) is 4.98 Å². The van der Waals surface area contributed by atoms with E-state index in [9.17, 15) is 9.59 Å². The Labute approximate surface area is 200 Å². The van der Waals surface area contributed by atoms with Gasteiger partial charge in [-0.05, 0) is 48.4 Å². The molecule has 1 N–H and O–H groups in total. The summed E-state index contributed by atoms with van der Waals surface area (Å²) in [5, 5.41) is 4.32. The van der Waals surface area contributed by atoms with E-state index in [1.807, 2.05) is 36.5 Å². The molecule has 1 aliphatic rings.